The first-order valence-electron chi connectivity index (χ1n) is 6.44. The molecule has 2 aliphatic heterocycles. The number of rotatable bonds is 2. The normalized spacial score (nSPS) is 27.7. The first-order chi connectivity index (χ1) is 8.64. The maximum absolute atomic E-state index is 5.76. The van der Waals surface area contributed by atoms with Crippen LogP contribution in [0.3, 0.4) is 0 Å². The van der Waals surface area contributed by atoms with Crippen molar-refractivity contribution in [2.24, 2.45) is 5.41 Å². The predicted octanol–water partition coefficient (Wildman–Crippen LogP) is 1.76. The van der Waals surface area contributed by atoms with Crippen LogP contribution in [0.15, 0.2) is 6.20 Å². The van der Waals surface area contributed by atoms with E-state index in [2.05, 4.69) is 18.8 Å². The number of hydrogen-bond acceptors (Lipinski definition) is 5. The fourth-order valence-electron chi connectivity index (χ4n) is 2.19. The molecule has 0 amide bonds. The van der Waals surface area contributed by atoms with Gasteiger partial charge < -0.3 is 14.0 Å². The standard InChI is InChI=1S/C12H18BNO3S/c1-12(2)7-16-13(17-8-12)10-6-14-11(18-10)9-4-3-5-15-9/h6,9H,3-5,7-8H2,1-2H3. The third-order valence-corrected chi connectivity index (χ3v) is 4.34. The molecule has 0 aliphatic carbocycles. The van der Waals surface area contributed by atoms with Gasteiger partial charge in [0.15, 0.2) is 0 Å². The van der Waals surface area contributed by atoms with Crippen molar-refractivity contribution < 1.29 is 14.0 Å². The quantitative estimate of drug-likeness (QED) is 0.766. The zero-order valence-electron chi connectivity index (χ0n) is 10.8. The minimum atomic E-state index is -0.245. The Kier molecular flexibility index (Phi) is 3.45. The lowest BCUT2D eigenvalue weighted by atomic mass is 9.83. The molecule has 0 N–H and O–H groups in total. The van der Waals surface area contributed by atoms with Crippen molar-refractivity contribution in [1.82, 2.24) is 4.98 Å². The van der Waals surface area contributed by atoms with Gasteiger partial charge in [-0.3, -0.25) is 0 Å². The molecule has 6 heteroatoms. The summed E-state index contributed by atoms with van der Waals surface area (Å²) in [5.74, 6) is 0. The Morgan fingerprint density at radius 1 is 1.39 bits per heavy atom. The van der Waals surface area contributed by atoms with Crippen molar-refractivity contribution in [2.75, 3.05) is 19.8 Å². The van der Waals surface area contributed by atoms with Gasteiger partial charge in [0, 0.05) is 31.4 Å². The molecule has 0 radical (unpaired) electrons. The Balaban J connectivity index is 1.66. The summed E-state index contributed by atoms with van der Waals surface area (Å²) >= 11 is 1.65. The molecule has 2 fully saturated rings. The number of nitrogens with zero attached hydrogens (tertiary/aromatic N) is 1. The van der Waals surface area contributed by atoms with E-state index in [0.29, 0.717) is 0 Å². The van der Waals surface area contributed by atoms with Crippen LogP contribution in [0.1, 0.15) is 37.8 Å². The molecular weight excluding hydrogens is 249 g/mol. The minimum Gasteiger partial charge on any atom is -0.406 e. The maximum Gasteiger partial charge on any atom is 0.506 e. The summed E-state index contributed by atoms with van der Waals surface area (Å²) in [6.45, 7) is 6.60. The molecule has 1 aromatic heterocycles. The van der Waals surface area contributed by atoms with E-state index in [-0.39, 0.29) is 18.6 Å². The number of aromatic nitrogens is 1. The van der Waals surface area contributed by atoms with Gasteiger partial charge in [-0.1, -0.05) is 13.8 Å². The van der Waals surface area contributed by atoms with E-state index in [1.165, 1.54) is 0 Å². The molecular formula is C12H18BNO3S. The third-order valence-electron chi connectivity index (χ3n) is 3.23. The van der Waals surface area contributed by atoms with Crippen LogP contribution in [-0.4, -0.2) is 31.9 Å². The second-order valence-electron chi connectivity index (χ2n) is 5.72. The molecule has 98 valence electrons. The summed E-state index contributed by atoms with van der Waals surface area (Å²) in [5.41, 5.74) is 0.110. The van der Waals surface area contributed by atoms with Crippen molar-refractivity contribution in [3.05, 3.63) is 11.2 Å². The molecule has 2 saturated heterocycles. The summed E-state index contributed by atoms with van der Waals surface area (Å²) < 4.78 is 18.2. The Labute approximate surface area is 112 Å². The SMILES string of the molecule is CC1(C)COB(c2cnc(C3CCCO3)s2)OC1. The van der Waals surface area contributed by atoms with Gasteiger partial charge in [0.05, 0.1) is 4.78 Å². The van der Waals surface area contributed by atoms with Crippen LogP contribution in [-0.2, 0) is 14.0 Å². The van der Waals surface area contributed by atoms with E-state index >= 15 is 0 Å². The van der Waals surface area contributed by atoms with Crippen molar-refractivity contribution in [2.45, 2.75) is 32.8 Å². The van der Waals surface area contributed by atoms with Crippen LogP contribution in [0.25, 0.3) is 0 Å². The van der Waals surface area contributed by atoms with Crippen molar-refractivity contribution in [3.63, 3.8) is 0 Å². The van der Waals surface area contributed by atoms with Crippen LogP contribution >= 0.6 is 11.3 Å². The van der Waals surface area contributed by atoms with Gasteiger partial charge in [0.1, 0.15) is 11.1 Å². The van der Waals surface area contributed by atoms with E-state index in [9.17, 15) is 0 Å². The number of thiazole rings is 1. The second-order valence-corrected chi connectivity index (χ2v) is 6.81. The molecule has 3 rings (SSSR count). The molecule has 18 heavy (non-hydrogen) atoms. The number of ether oxygens (including phenoxy) is 1. The van der Waals surface area contributed by atoms with Gasteiger partial charge in [0.25, 0.3) is 0 Å². The molecule has 0 bridgehead atoms. The van der Waals surface area contributed by atoms with E-state index in [0.717, 1.165) is 42.4 Å². The van der Waals surface area contributed by atoms with Crippen LogP contribution in [0.2, 0.25) is 0 Å². The van der Waals surface area contributed by atoms with Crippen molar-refractivity contribution in [3.8, 4) is 0 Å². The van der Waals surface area contributed by atoms with E-state index in [1.54, 1.807) is 11.3 Å². The summed E-state index contributed by atoms with van der Waals surface area (Å²) in [6, 6.07) is 0. The van der Waals surface area contributed by atoms with Crippen LogP contribution < -0.4 is 4.78 Å². The summed E-state index contributed by atoms with van der Waals surface area (Å²) in [5, 5.41) is 1.06. The van der Waals surface area contributed by atoms with Gasteiger partial charge in [-0.25, -0.2) is 4.98 Å². The average Bonchev–Trinajstić information content (AvgIpc) is 2.99. The lowest BCUT2D eigenvalue weighted by molar-refractivity contribution is 0.0346. The fourth-order valence-corrected chi connectivity index (χ4v) is 3.19. The van der Waals surface area contributed by atoms with Crippen LogP contribution in [0.5, 0.6) is 0 Å². The van der Waals surface area contributed by atoms with Gasteiger partial charge in [-0.05, 0) is 12.8 Å². The lowest BCUT2D eigenvalue weighted by Gasteiger charge is -2.32. The molecule has 3 heterocycles. The largest absolute Gasteiger partial charge is 0.506 e. The number of hydrogen-bond donors (Lipinski definition) is 0. The van der Waals surface area contributed by atoms with E-state index < -0.39 is 0 Å². The molecule has 0 aromatic carbocycles. The predicted molar refractivity (Wildman–Crippen MR) is 71.1 cm³/mol. The Bertz CT molecular complexity index is 407. The molecule has 0 saturated carbocycles. The summed E-state index contributed by atoms with van der Waals surface area (Å²) in [4.78, 5) is 4.44. The van der Waals surface area contributed by atoms with Crippen LogP contribution in [0, 0.1) is 5.41 Å². The second kappa shape index (κ2) is 4.92. The lowest BCUT2D eigenvalue weighted by Crippen LogP contribution is -2.46. The summed E-state index contributed by atoms with van der Waals surface area (Å²) in [7, 11) is -0.245. The highest BCUT2D eigenvalue weighted by atomic mass is 32.1. The smallest absolute Gasteiger partial charge is 0.406 e. The third kappa shape index (κ3) is 2.61. The minimum absolute atomic E-state index is 0.110. The Hall–Kier alpha value is -0.425. The van der Waals surface area contributed by atoms with Gasteiger partial charge in [0.2, 0.25) is 0 Å². The van der Waals surface area contributed by atoms with Crippen molar-refractivity contribution in [1.29, 1.82) is 0 Å². The highest BCUT2D eigenvalue weighted by Gasteiger charge is 2.35. The maximum atomic E-state index is 5.76. The van der Waals surface area contributed by atoms with E-state index in [4.69, 9.17) is 14.0 Å². The first-order valence-corrected chi connectivity index (χ1v) is 7.26. The molecule has 1 aromatic rings. The van der Waals surface area contributed by atoms with Gasteiger partial charge in [-0.2, -0.15) is 0 Å². The van der Waals surface area contributed by atoms with Crippen molar-refractivity contribution >= 4 is 23.2 Å². The molecule has 1 unspecified atom stereocenters. The highest BCUT2D eigenvalue weighted by Crippen LogP contribution is 2.29. The molecule has 4 nitrogen and oxygen atoms in total. The zero-order chi connectivity index (χ0) is 12.6. The molecule has 0 spiro atoms. The molecule has 1 atom stereocenters. The van der Waals surface area contributed by atoms with Gasteiger partial charge >= 0.3 is 7.12 Å². The fraction of sp³-hybridized carbons (Fsp3) is 0.750. The monoisotopic (exact) mass is 267 g/mol. The molecule has 2 aliphatic rings. The van der Waals surface area contributed by atoms with E-state index in [1.807, 2.05) is 6.20 Å². The highest BCUT2D eigenvalue weighted by molar-refractivity contribution is 7.22. The zero-order valence-corrected chi connectivity index (χ0v) is 11.7. The Morgan fingerprint density at radius 2 is 2.17 bits per heavy atom. The first kappa shape index (κ1) is 12.6. The average molecular weight is 267 g/mol. The topological polar surface area (TPSA) is 40.6 Å². The Morgan fingerprint density at radius 3 is 2.83 bits per heavy atom. The van der Waals surface area contributed by atoms with Crippen LogP contribution in [0.4, 0.5) is 0 Å². The van der Waals surface area contributed by atoms with Gasteiger partial charge in [-0.15, -0.1) is 11.3 Å². The summed E-state index contributed by atoms with van der Waals surface area (Å²) in [6.07, 6.45) is 4.25.